The summed E-state index contributed by atoms with van der Waals surface area (Å²) in [5.41, 5.74) is 0.611. The Hall–Kier alpha value is -1.00. The van der Waals surface area contributed by atoms with Gasteiger partial charge < -0.3 is 10.1 Å². The van der Waals surface area contributed by atoms with Crippen molar-refractivity contribution in [3.63, 3.8) is 0 Å². The van der Waals surface area contributed by atoms with E-state index in [4.69, 9.17) is 4.74 Å². The first-order chi connectivity index (χ1) is 7.29. The van der Waals surface area contributed by atoms with E-state index in [0.29, 0.717) is 12.2 Å². The van der Waals surface area contributed by atoms with Crippen LogP contribution >= 0.6 is 0 Å². The molecule has 15 heavy (non-hydrogen) atoms. The van der Waals surface area contributed by atoms with Crippen LogP contribution in [0.25, 0.3) is 0 Å². The summed E-state index contributed by atoms with van der Waals surface area (Å²) in [6.45, 7) is 3.37. The third-order valence-electron chi connectivity index (χ3n) is 2.15. The quantitative estimate of drug-likeness (QED) is 0.782. The summed E-state index contributed by atoms with van der Waals surface area (Å²) in [4.78, 5) is 3.72. The minimum absolute atomic E-state index is 0.0991. The monoisotopic (exact) mass is 212 g/mol. The van der Waals surface area contributed by atoms with Gasteiger partial charge in [-0.25, -0.2) is 4.39 Å². The van der Waals surface area contributed by atoms with Crippen molar-refractivity contribution in [2.24, 2.45) is 0 Å². The van der Waals surface area contributed by atoms with E-state index in [-0.39, 0.29) is 11.9 Å². The predicted molar refractivity (Wildman–Crippen MR) is 57.1 cm³/mol. The van der Waals surface area contributed by atoms with Crippen LogP contribution in [-0.2, 0) is 4.74 Å². The molecule has 0 aliphatic rings. The number of ether oxygens (including phenoxy) is 1. The van der Waals surface area contributed by atoms with Gasteiger partial charge in [-0.3, -0.25) is 4.98 Å². The number of methoxy groups -OCH3 is 1. The summed E-state index contributed by atoms with van der Waals surface area (Å²) in [7, 11) is 1.61. The Morgan fingerprint density at radius 1 is 1.60 bits per heavy atom. The molecule has 0 spiro atoms. The molecule has 0 aromatic carbocycles. The van der Waals surface area contributed by atoms with E-state index < -0.39 is 0 Å². The minimum atomic E-state index is -0.289. The number of halogens is 1. The highest BCUT2D eigenvalue weighted by Gasteiger charge is 2.14. The van der Waals surface area contributed by atoms with Crippen LogP contribution in [0.5, 0.6) is 0 Å². The number of hydrogen-bond acceptors (Lipinski definition) is 3. The number of hydrogen-bond donors (Lipinski definition) is 1. The van der Waals surface area contributed by atoms with Crippen molar-refractivity contribution in [1.82, 2.24) is 10.3 Å². The van der Waals surface area contributed by atoms with Gasteiger partial charge in [0, 0.05) is 18.9 Å². The van der Waals surface area contributed by atoms with Crippen molar-refractivity contribution >= 4 is 0 Å². The molecule has 84 valence electrons. The average molecular weight is 212 g/mol. The smallest absolute Gasteiger partial charge is 0.146 e. The first-order valence-corrected chi connectivity index (χ1v) is 5.11. The Labute approximate surface area is 89.7 Å². The third-order valence-corrected chi connectivity index (χ3v) is 2.15. The van der Waals surface area contributed by atoms with Crippen LogP contribution < -0.4 is 5.32 Å². The van der Waals surface area contributed by atoms with E-state index in [2.05, 4.69) is 17.2 Å². The summed E-state index contributed by atoms with van der Waals surface area (Å²) in [5, 5.41) is 3.23. The highest BCUT2D eigenvalue weighted by molar-refractivity contribution is 5.17. The lowest BCUT2D eigenvalue weighted by atomic mass is 10.1. The lowest BCUT2D eigenvalue weighted by molar-refractivity contribution is 0.165. The number of nitrogens with one attached hydrogen (secondary N) is 1. The van der Waals surface area contributed by atoms with Crippen molar-refractivity contribution < 1.29 is 9.13 Å². The molecule has 0 saturated heterocycles. The zero-order chi connectivity index (χ0) is 11.1. The van der Waals surface area contributed by atoms with Crippen molar-refractivity contribution in [2.75, 3.05) is 20.3 Å². The molecule has 1 aromatic heterocycles. The summed E-state index contributed by atoms with van der Waals surface area (Å²) in [5.74, 6) is -0.289. The van der Waals surface area contributed by atoms with Crippen molar-refractivity contribution in [3.05, 3.63) is 29.8 Å². The second-order valence-electron chi connectivity index (χ2n) is 3.36. The van der Waals surface area contributed by atoms with Crippen LogP contribution in [0.3, 0.4) is 0 Å². The average Bonchev–Trinajstić information content (AvgIpc) is 2.25. The number of aromatic nitrogens is 1. The largest absolute Gasteiger partial charge is 0.383 e. The Morgan fingerprint density at radius 2 is 2.40 bits per heavy atom. The van der Waals surface area contributed by atoms with Gasteiger partial charge in [0.15, 0.2) is 0 Å². The highest BCUT2D eigenvalue weighted by atomic mass is 19.1. The van der Waals surface area contributed by atoms with Crippen LogP contribution in [0, 0.1) is 5.82 Å². The lowest BCUT2D eigenvalue weighted by Crippen LogP contribution is -2.26. The lowest BCUT2D eigenvalue weighted by Gasteiger charge is -2.18. The zero-order valence-electron chi connectivity index (χ0n) is 9.16. The Balaban J connectivity index is 2.74. The van der Waals surface area contributed by atoms with Crippen LogP contribution in [0.4, 0.5) is 4.39 Å². The Bertz CT molecular complexity index is 294. The SMILES string of the molecule is CCCNC(COC)c1ccncc1F. The highest BCUT2D eigenvalue weighted by Crippen LogP contribution is 2.15. The maximum Gasteiger partial charge on any atom is 0.146 e. The first-order valence-electron chi connectivity index (χ1n) is 5.11. The fourth-order valence-electron chi connectivity index (χ4n) is 1.41. The molecule has 1 heterocycles. The van der Waals surface area contributed by atoms with E-state index in [0.717, 1.165) is 13.0 Å². The maximum atomic E-state index is 13.4. The molecule has 0 aliphatic heterocycles. The Morgan fingerprint density at radius 3 is 3.00 bits per heavy atom. The normalized spacial score (nSPS) is 12.7. The summed E-state index contributed by atoms with van der Waals surface area (Å²) in [6.07, 6.45) is 3.83. The van der Waals surface area contributed by atoms with E-state index in [1.165, 1.54) is 6.20 Å². The fourth-order valence-corrected chi connectivity index (χ4v) is 1.41. The van der Waals surface area contributed by atoms with Gasteiger partial charge in [0.1, 0.15) is 5.82 Å². The maximum absolute atomic E-state index is 13.4. The molecule has 1 atom stereocenters. The molecule has 0 bridgehead atoms. The van der Waals surface area contributed by atoms with Gasteiger partial charge in [-0.2, -0.15) is 0 Å². The molecular weight excluding hydrogens is 195 g/mol. The van der Waals surface area contributed by atoms with Crippen molar-refractivity contribution in [2.45, 2.75) is 19.4 Å². The molecule has 1 N–H and O–H groups in total. The van der Waals surface area contributed by atoms with E-state index >= 15 is 0 Å². The van der Waals surface area contributed by atoms with Crippen molar-refractivity contribution in [3.8, 4) is 0 Å². The topological polar surface area (TPSA) is 34.1 Å². The second-order valence-corrected chi connectivity index (χ2v) is 3.36. The van der Waals surface area contributed by atoms with Gasteiger partial charge in [-0.05, 0) is 19.0 Å². The number of nitrogens with zero attached hydrogens (tertiary/aromatic N) is 1. The van der Waals surface area contributed by atoms with Gasteiger partial charge in [-0.1, -0.05) is 6.92 Å². The predicted octanol–water partition coefficient (Wildman–Crippen LogP) is 1.91. The summed E-state index contributed by atoms with van der Waals surface area (Å²) < 4.78 is 18.5. The van der Waals surface area contributed by atoms with E-state index in [1.54, 1.807) is 19.4 Å². The Kier molecular flexibility index (Phi) is 5.21. The van der Waals surface area contributed by atoms with Gasteiger partial charge in [0.25, 0.3) is 0 Å². The molecular formula is C11H17FN2O. The molecule has 0 saturated carbocycles. The van der Waals surface area contributed by atoms with Gasteiger partial charge in [0.2, 0.25) is 0 Å². The summed E-state index contributed by atoms with van der Waals surface area (Å²) in [6, 6.07) is 1.58. The molecule has 1 aromatic rings. The standard InChI is InChI=1S/C11H17FN2O/c1-3-5-14-11(8-15-2)9-4-6-13-7-10(9)12/h4,6-7,11,14H,3,5,8H2,1-2H3. The molecule has 0 amide bonds. The molecule has 4 heteroatoms. The summed E-state index contributed by atoms with van der Waals surface area (Å²) >= 11 is 0. The van der Waals surface area contributed by atoms with Gasteiger partial charge in [0.05, 0.1) is 18.8 Å². The molecule has 0 radical (unpaired) electrons. The van der Waals surface area contributed by atoms with Crippen LogP contribution in [0.15, 0.2) is 18.5 Å². The van der Waals surface area contributed by atoms with Gasteiger partial charge >= 0.3 is 0 Å². The van der Waals surface area contributed by atoms with Crippen LogP contribution in [0.2, 0.25) is 0 Å². The molecule has 1 unspecified atom stereocenters. The molecule has 0 fully saturated rings. The minimum Gasteiger partial charge on any atom is -0.383 e. The molecule has 0 aliphatic carbocycles. The first kappa shape index (κ1) is 12.1. The molecule has 1 rings (SSSR count). The second kappa shape index (κ2) is 6.48. The van der Waals surface area contributed by atoms with E-state index in [1.807, 2.05) is 0 Å². The number of rotatable bonds is 6. The van der Waals surface area contributed by atoms with E-state index in [9.17, 15) is 4.39 Å². The number of pyridine rings is 1. The van der Waals surface area contributed by atoms with Crippen LogP contribution in [-0.4, -0.2) is 25.2 Å². The fraction of sp³-hybridized carbons (Fsp3) is 0.545. The zero-order valence-corrected chi connectivity index (χ0v) is 9.16. The van der Waals surface area contributed by atoms with Crippen LogP contribution in [0.1, 0.15) is 24.9 Å². The van der Waals surface area contributed by atoms with Gasteiger partial charge in [-0.15, -0.1) is 0 Å². The third kappa shape index (κ3) is 3.57. The molecule has 3 nitrogen and oxygen atoms in total. The van der Waals surface area contributed by atoms with Crippen molar-refractivity contribution in [1.29, 1.82) is 0 Å².